The van der Waals surface area contributed by atoms with Crippen LogP contribution in [0.1, 0.15) is 17.3 Å². The standard InChI is InChI=1S/C19H20O7/c1-3-24-17(20)11-12-18(21)25-13-7-10-16(23-2)14-26-19(22)15-8-5-4-6-9-15/h4-12,14H,3,13H2,1-2H3/b10-7+,12-11+,16-14+. The molecule has 0 radical (unpaired) electrons. The highest BCUT2D eigenvalue weighted by Crippen LogP contribution is 2.04. The minimum absolute atomic E-state index is 0.0562. The van der Waals surface area contributed by atoms with E-state index in [4.69, 9.17) is 14.2 Å². The van der Waals surface area contributed by atoms with Crippen molar-refractivity contribution in [1.82, 2.24) is 0 Å². The Balaban J connectivity index is 2.43. The van der Waals surface area contributed by atoms with Crippen LogP contribution in [0.5, 0.6) is 0 Å². The SMILES string of the molecule is CCOC(=O)/C=C/C(=O)OC/C=C/C(=C\OC(=O)c1ccccc1)OC. The van der Waals surface area contributed by atoms with Crippen LogP contribution in [0.15, 0.2) is 66.7 Å². The first-order chi connectivity index (χ1) is 12.6. The summed E-state index contributed by atoms with van der Waals surface area (Å²) in [5.41, 5.74) is 0.408. The number of carbonyl (C=O) groups is 3. The number of methoxy groups -OCH3 is 1. The number of hydrogen-bond acceptors (Lipinski definition) is 7. The lowest BCUT2D eigenvalue weighted by Crippen LogP contribution is -2.04. The number of rotatable bonds is 9. The number of esters is 3. The van der Waals surface area contributed by atoms with Gasteiger partial charge in [0.25, 0.3) is 0 Å². The molecule has 0 saturated heterocycles. The average Bonchev–Trinajstić information content (AvgIpc) is 2.66. The second-order valence-electron chi connectivity index (χ2n) is 4.61. The molecule has 0 aliphatic heterocycles. The first kappa shape index (κ1) is 20.7. The minimum Gasteiger partial charge on any atom is -0.494 e. The molecule has 0 aromatic heterocycles. The highest BCUT2D eigenvalue weighted by atomic mass is 16.5. The zero-order valence-corrected chi connectivity index (χ0v) is 14.5. The fraction of sp³-hybridized carbons (Fsp3) is 0.211. The Hall–Kier alpha value is -3.35. The van der Waals surface area contributed by atoms with Gasteiger partial charge in [-0.3, -0.25) is 0 Å². The molecule has 138 valence electrons. The van der Waals surface area contributed by atoms with Gasteiger partial charge in [-0.15, -0.1) is 0 Å². The summed E-state index contributed by atoms with van der Waals surface area (Å²) < 4.78 is 19.5. The molecule has 1 aromatic rings. The van der Waals surface area contributed by atoms with Gasteiger partial charge >= 0.3 is 17.9 Å². The van der Waals surface area contributed by atoms with Gasteiger partial charge in [0, 0.05) is 12.2 Å². The lowest BCUT2D eigenvalue weighted by atomic mass is 10.2. The average molecular weight is 360 g/mol. The molecule has 0 heterocycles. The zero-order valence-electron chi connectivity index (χ0n) is 14.5. The predicted octanol–water partition coefficient (Wildman–Crippen LogP) is 2.55. The Bertz CT molecular complexity index is 687. The molecule has 0 amide bonds. The van der Waals surface area contributed by atoms with Crippen LogP contribution >= 0.6 is 0 Å². The molecule has 0 saturated carbocycles. The van der Waals surface area contributed by atoms with E-state index in [1.165, 1.54) is 19.3 Å². The van der Waals surface area contributed by atoms with Gasteiger partial charge < -0.3 is 18.9 Å². The largest absolute Gasteiger partial charge is 0.494 e. The number of allylic oxidation sites excluding steroid dienone is 1. The van der Waals surface area contributed by atoms with Gasteiger partial charge in [0.15, 0.2) is 5.76 Å². The molecule has 0 N–H and O–H groups in total. The molecule has 1 aromatic carbocycles. The maximum atomic E-state index is 11.8. The Morgan fingerprint density at radius 2 is 1.62 bits per heavy atom. The number of hydrogen-bond donors (Lipinski definition) is 0. The Kier molecular flexibility index (Phi) is 9.61. The lowest BCUT2D eigenvalue weighted by Gasteiger charge is -2.02. The fourth-order valence-electron chi connectivity index (χ4n) is 1.58. The highest BCUT2D eigenvalue weighted by molar-refractivity contribution is 5.91. The van der Waals surface area contributed by atoms with Crippen LogP contribution < -0.4 is 0 Å². The minimum atomic E-state index is -0.693. The third kappa shape index (κ3) is 8.49. The zero-order chi connectivity index (χ0) is 19.2. The predicted molar refractivity (Wildman–Crippen MR) is 92.8 cm³/mol. The van der Waals surface area contributed by atoms with Crippen molar-refractivity contribution in [2.24, 2.45) is 0 Å². The van der Waals surface area contributed by atoms with Crippen LogP contribution in [0.25, 0.3) is 0 Å². The first-order valence-corrected chi connectivity index (χ1v) is 7.75. The van der Waals surface area contributed by atoms with Crippen LogP contribution in [0.3, 0.4) is 0 Å². The fourth-order valence-corrected chi connectivity index (χ4v) is 1.58. The molecular weight excluding hydrogens is 340 g/mol. The van der Waals surface area contributed by atoms with E-state index in [2.05, 4.69) is 4.74 Å². The summed E-state index contributed by atoms with van der Waals surface area (Å²) in [6, 6.07) is 8.49. The van der Waals surface area contributed by atoms with Crippen molar-refractivity contribution in [3.63, 3.8) is 0 Å². The number of benzene rings is 1. The van der Waals surface area contributed by atoms with Crippen molar-refractivity contribution in [2.75, 3.05) is 20.3 Å². The van der Waals surface area contributed by atoms with Gasteiger partial charge in [0.1, 0.15) is 12.9 Å². The van der Waals surface area contributed by atoms with Gasteiger partial charge in [-0.25, -0.2) is 14.4 Å². The second-order valence-corrected chi connectivity index (χ2v) is 4.61. The Labute approximate surface area is 151 Å². The summed E-state index contributed by atoms with van der Waals surface area (Å²) in [6.07, 6.45) is 6.07. The second kappa shape index (κ2) is 12.1. The normalized spacial score (nSPS) is 11.4. The van der Waals surface area contributed by atoms with Crippen molar-refractivity contribution in [3.8, 4) is 0 Å². The molecule has 0 fully saturated rings. The summed E-state index contributed by atoms with van der Waals surface area (Å²) in [4.78, 5) is 34.2. The molecule has 0 unspecified atom stereocenters. The van der Waals surface area contributed by atoms with Gasteiger partial charge in [0.2, 0.25) is 0 Å². The van der Waals surface area contributed by atoms with Crippen molar-refractivity contribution < 1.29 is 33.3 Å². The monoisotopic (exact) mass is 360 g/mol. The molecule has 0 spiro atoms. The molecule has 1 rings (SSSR count). The van der Waals surface area contributed by atoms with E-state index in [1.54, 1.807) is 37.3 Å². The molecule has 0 bridgehead atoms. The topological polar surface area (TPSA) is 88.1 Å². The highest BCUT2D eigenvalue weighted by Gasteiger charge is 2.05. The van der Waals surface area contributed by atoms with E-state index in [1.807, 2.05) is 0 Å². The van der Waals surface area contributed by atoms with Crippen LogP contribution in [0, 0.1) is 0 Å². The quantitative estimate of drug-likeness (QED) is 0.220. The Morgan fingerprint density at radius 1 is 0.962 bits per heavy atom. The molecule has 7 heteroatoms. The Morgan fingerprint density at radius 3 is 2.23 bits per heavy atom. The number of carbonyl (C=O) groups excluding carboxylic acids is 3. The third-order valence-corrected chi connectivity index (χ3v) is 2.77. The van der Waals surface area contributed by atoms with Crippen LogP contribution in [-0.4, -0.2) is 38.2 Å². The maximum Gasteiger partial charge on any atom is 0.343 e. The van der Waals surface area contributed by atoms with Crippen LogP contribution in [0.4, 0.5) is 0 Å². The summed E-state index contributed by atoms with van der Waals surface area (Å²) in [5, 5.41) is 0. The molecular formula is C19H20O7. The van der Waals surface area contributed by atoms with Gasteiger partial charge in [-0.2, -0.15) is 0 Å². The number of ether oxygens (including phenoxy) is 4. The first-order valence-electron chi connectivity index (χ1n) is 7.75. The third-order valence-electron chi connectivity index (χ3n) is 2.77. The van der Waals surface area contributed by atoms with E-state index in [9.17, 15) is 14.4 Å². The van der Waals surface area contributed by atoms with Gasteiger partial charge in [0.05, 0.1) is 19.3 Å². The summed E-state index contributed by atoms with van der Waals surface area (Å²) in [7, 11) is 1.40. The molecule has 0 aliphatic rings. The molecule has 0 aliphatic carbocycles. The smallest absolute Gasteiger partial charge is 0.343 e. The molecule has 7 nitrogen and oxygen atoms in total. The summed E-state index contributed by atoms with van der Waals surface area (Å²) in [6.45, 7) is 1.83. The summed E-state index contributed by atoms with van der Waals surface area (Å²) >= 11 is 0. The van der Waals surface area contributed by atoms with Gasteiger partial charge in [-0.1, -0.05) is 18.2 Å². The van der Waals surface area contributed by atoms with E-state index >= 15 is 0 Å². The van der Waals surface area contributed by atoms with Crippen LogP contribution in [-0.2, 0) is 28.5 Å². The van der Waals surface area contributed by atoms with E-state index in [0.29, 0.717) is 5.56 Å². The van der Waals surface area contributed by atoms with Crippen molar-refractivity contribution in [1.29, 1.82) is 0 Å². The van der Waals surface area contributed by atoms with Crippen molar-refractivity contribution in [2.45, 2.75) is 6.92 Å². The van der Waals surface area contributed by atoms with Crippen LogP contribution in [0.2, 0.25) is 0 Å². The van der Waals surface area contributed by atoms with E-state index in [0.717, 1.165) is 18.4 Å². The van der Waals surface area contributed by atoms with Crippen molar-refractivity contribution >= 4 is 17.9 Å². The molecule has 0 atom stereocenters. The van der Waals surface area contributed by atoms with E-state index < -0.39 is 17.9 Å². The lowest BCUT2D eigenvalue weighted by molar-refractivity contribution is -0.139. The van der Waals surface area contributed by atoms with E-state index in [-0.39, 0.29) is 19.0 Å². The van der Waals surface area contributed by atoms with Crippen molar-refractivity contribution in [3.05, 3.63) is 72.2 Å². The maximum absolute atomic E-state index is 11.8. The summed E-state index contributed by atoms with van der Waals surface area (Å²) in [5.74, 6) is -1.58. The molecule has 26 heavy (non-hydrogen) atoms. The van der Waals surface area contributed by atoms with Gasteiger partial charge in [-0.05, 0) is 31.2 Å².